The van der Waals surface area contributed by atoms with Crippen molar-refractivity contribution < 1.29 is 19.4 Å². The molecule has 25 heavy (non-hydrogen) atoms. The molecule has 1 amide bonds. The number of anilines is 1. The highest BCUT2D eigenvalue weighted by atomic mass is 16.6. The van der Waals surface area contributed by atoms with Crippen LogP contribution in [0.4, 0.5) is 17.1 Å². The van der Waals surface area contributed by atoms with E-state index in [4.69, 9.17) is 4.74 Å². The highest BCUT2D eigenvalue weighted by molar-refractivity contribution is 5.93. The van der Waals surface area contributed by atoms with Crippen LogP contribution in [0.1, 0.15) is 12.1 Å². The number of benzene rings is 1. The molecule has 132 valence electrons. The molecular formula is C14H15N5O6. The van der Waals surface area contributed by atoms with Gasteiger partial charge in [0, 0.05) is 6.42 Å². The van der Waals surface area contributed by atoms with E-state index in [1.807, 2.05) is 0 Å². The molecule has 0 atom stereocenters. The van der Waals surface area contributed by atoms with Gasteiger partial charge in [0.05, 0.1) is 29.6 Å². The molecule has 0 unspecified atom stereocenters. The van der Waals surface area contributed by atoms with Crippen LogP contribution in [-0.4, -0.2) is 32.6 Å². The number of nitrogens with one attached hydrogen (secondary N) is 1. The minimum atomic E-state index is -0.626. The zero-order chi connectivity index (χ0) is 18.6. The molecule has 0 fully saturated rings. The molecule has 11 nitrogen and oxygen atoms in total. The Morgan fingerprint density at radius 3 is 2.52 bits per heavy atom. The first-order chi connectivity index (χ1) is 11.8. The van der Waals surface area contributed by atoms with Crippen LogP contribution in [0.25, 0.3) is 0 Å². The minimum absolute atomic E-state index is 0.0407. The van der Waals surface area contributed by atoms with Gasteiger partial charge in [0.15, 0.2) is 0 Å². The number of aromatic nitrogens is 2. The second-order valence-corrected chi connectivity index (χ2v) is 5.03. The Bertz CT molecular complexity index is 831. The van der Waals surface area contributed by atoms with E-state index in [9.17, 15) is 25.0 Å². The zero-order valence-electron chi connectivity index (χ0n) is 13.5. The molecule has 1 aromatic heterocycles. The van der Waals surface area contributed by atoms with Crippen LogP contribution in [0.2, 0.25) is 0 Å². The van der Waals surface area contributed by atoms with Gasteiger partial charge in [0.25, 0.3) is 5.69 Å². The fourth-order valence-electron chi connectivity index (χ4n) is 2.16. The van der Waals surface area contributed by atoms with Crippen LogP contribution < -0.4 is 10.1 Å². The maximum absolute atomic E-state index is 12.0. The van der Waals surface area contributed by atoms with Crippen LogP contribution in [0.5, 0.6) is 5.75 Å². The van der Waals surface area contributed by atoms with Crippen molar-refractivity contribution in [3.63, 3.8) is 0 Å². The standard InChI is InChI=1S/C14H15N5O6/c1-9-13(19(23)24)8-15-17(9)6-5-14(20)16-11-4-3-10(25-2)7-12(11)18(21)22/h3-4,7-8H,5-6H2,1-2H3,(H,16,20). The Balaban J connectivity index is 2.06. The Kier molecular flexibility index (Phi) is 5.27. The number of aryl methyl sites for hydroxylation is 1. The highest BCUT2D eigenvalue weighted by Gasteiger charge is 2.19. The van der Waals surface area contributed by atoms with Gasteiger partial charge in [-0.1, -0.05) is 0 Å². The van der Waals surface area contributed by atoms with Crippen LogP contribution >= 0.6 is 0 Å². The lowest BCUT2D eigenvalue weighted by atomic mass is 10.2. The third-order valence-electron chi connectivity index (χ3n) is 3.50. The van der Waals surface area contributed by atoms with Gasteiger partial charge >= 0.3 is 5.69 Å². The number of amides is 1. The van der Waals surface area contributed by atoms with Gasteiger partial charge < -0.3 is 10.1 Å². The number of hydrogen-bond donors (Lipinski definition) is 1. The minimum Gasteiger partial charge on any atom is -0.496 e. The number of ether oxygens (including phenoxy) is 1. The number of nitro groups is 2. The van der Waals surface area contributed by atoms with Gasteiger partial charge in [0.1, 0.15) is 23.3 Å². The molecule has 0 bridgehead atoms. The summed E-state index contributed by atoms with van der Waals surface area (Å²) in [6, 6.07) is 4.07. The van der Waals surface area contributed by atoms with Crippen molar-refractivity contribution >= 4 is 23.0 Å². The topological polar surface area (TPSA) is 142 Å². The summed E-state index contributed by atoms with van der Waals surface area (Å²) < 4.78 is 6.25. The first-order valence-electron chi connectivity index (χ1n) is 7.12. The van der Waals surface area contributed by atoms with Gasteiger partial charge in [-0.05, 0) is 19.1 Å². The summed E-state index contributed by atoms with van der Waals surface area (Å²) in [5.41, 5.74) is -0.0583. The Hall–Kier alpha value is -3.50. The van der Waals surface area contributed by atoms with Crippen LogP contribution in [0, 0.1) is 27.2 Å². The van der Waals surface area contributed by atoms with Crippen molar-refractivity contribution in [2.24, 2.45) is 0 Å². The van der Waals surface area contributed by atoms with Crippen molar-refractivity contribution in [3.05, 3.63) is 50.3 Å². The SMILES string of the molecule is COc1ccc(NC(=O)CCn2ncc([N+](=O)[O-])c2C)c([N+](=O)[O-])c1. The quantitative estimate of drug-likeness (QED) is 0.595. The summed E-state index contributed by atoms with van der Waals surface area (Å²) in [4.78, 5) is 32.7. The van der Waals surface area contributed by atoms with E-state index in [2.05, 4.69) is 10.4 Å². The Morgan fingerprint density at radius 2 is 1.96 bits per heavy atom. The summed E-state index contributed by atoms with van der Waals surface area (Å²) in [5, 5.41) is 28.2. The number of nitrogens with zero attached hydrogens (tertiary/aromatic N) is 4. The average Bonchev–Trinajstić information content (AvgIpc) is 2.94. The third kappa shape index (κ3) is 4.07. The fraction of sp³-hybridized carbons (Fsp3) is 0.286. The fourth-order valence-corrected chi connectivity index (χ4v) is 2.16. The second-order valence-electron chi connectivity index (χ2n) is 5.03. The molecule has 0 aliphatic carbocycles. The number of carbonyl (C=O) groups excluding carboxylic acids is 1. The molecular weight excluding hydrogens is 334 g/mol. The predicted molar refractivity (Wildman–Crippen MR) is 86.5 cm³/mol. The lowest BCUT2D eigenvalue weighted by Crippen LogP contribution is -2.16. The van der Waals surface area contributed by atoms with Gasteiger partial charge in [-0.2, -0.15) is 5.10 Å². The molecule has 11 heteroatoms. The largest absolute Gasteiger partial charge is 0.496 e. The molecule has 0 aliphatic rings. The smallest absolute Gasteiger partial charge is 0.309 e. The normalized spacial score (nSPS) is 10.3. The molecule has 0 spiro atoms. The van der Waals surface area contributed by atoms with Crippen LogP contribution in [-0.2, 0) is 11.3 Å². The third-order valence-corrected chi connectivity index (χ3v) is 3.50. The number of rotatable bonds is 7. The van der Waals surface area contributed by atoms with E-state index in [1.54, 1.807) is 0 Å². The van der Waals surface area contributed by atoms with Crippen molar-refractivity contribution in [1.82, 2.24) is 9.78 Å². The molecule has 0 saturated heterocycles. The van der Waals surface area contributed by atoms with E-state index < -0.39 is 15.8 Å². The predicted octanol–water partition coefficient (Wildman–Crippen LogP) is 2.05. The summed E-state index contributed by atoms with van der Waals surface area (Å²) >= 11 is 0. The lowest BCUT2D eigenvalue weighted by molar-refractivity contribution is -0.385. The molecule has 1 N–H and O–H groups in total. The summed E-state index contributed by atoms with van der Waals surface area (Å²) in [6.45, 7) is 1.63. The van der Waals surface area contributed by atoms with Gasteiger partial charge in [0.2, 0.25) is 5.91 Å². The van der Waals surface area contributed by atoms with Gasteiger partial charge in [-0.25, -0.2) is 0 Å². The summed E-state index contributed by atoms with van der Waals surface area (Å²) in [7, 11) is 1.38. The molecule has 2 rings (SSSR count). The van der Waals surface area contributed by atoms with Crippen LogP contribution in [0.15, 0.2) is 24.4 Å². The first kappa shape index (κ1) is 17.8. The highest BCUT2D eigenvalue weighted by Crippen LogP contribution is 2.29. The number of carbonyl (C=O) groups is 1. The monoisotopic (exact) mass is 349 g/mol. The molecule has 1 aromatic carbocycles. The van der Waals surface area contributed by atoms with Crippen LogP contribution in [0.3, 0.4) is 0 Å². The number of nitro benzene ring substituents is 1. The van der Waals surface area contributed by atoms with E-state index >= 15 is 0 Å². The molecule has 0 aliphatic heterocycles. The second kappa shape index (κ2) is 7.38. The molecule has 0 radical (unpaired) electrons. The summed E-state index contributed by atoms with van der Waals surface area (Å²) in [5.74, 6) is -0.185. The van der Waals surface area contributed by atoms with E-state index in [1.165, 1.54) is 36.9 Å². The van der Waals surface area contributed by atoms with Crippen molar-refractivity contribution in [2.45, 2.75) is 19.9 Å². The van der Waals surface area contributed by atoms with E-state index in [0.29, 0.717) is 11.4 Å². The molecule has 0 saturated carbocycles. The van der Waals surface area contributed by atoms with Crippen molar-refractivity contribution in [3.8, 4) is 5.75 Å². The average molecular weight is 349 g/mol. The Morgan fingerprint density at radius 1 is 1.28 bits per heavy atom. The van der Waals surface area contributed by atoms with E-state index in [0.717, 1.165) is 6.20 Å². The number of hydrogen-bond acceptors (Lipinski definition) is 7. The van der Waals surface area contributed by atoms with Crippen molar-refractivity contribution in [1.29, 1.82) is 0 Å². The summed E-state index contributed by atoms with van der Waals surface area (Å²) in [6.07, 6.45) is 1.06. The number of methoxy groups -OCH3 is 1. The van der Waals surface area contributed by atoms with Gasteiger partial charge in [-0.3, -0.25) is 29.7 Å². The molecule has 1 heterocycles. The van der Waals surface area contributed by atoms with Gasteiger partial charge in [-0.15, -0.1) is 0 Å². The maximum Gasteiger partial charge on any atom is 0.309 e. The van der Waals surface area contributed by atoms with E-state index in [-0.39, 0.29) is 30.0 Å². The first-order valence-corrected chi connectivity index (χ1v) is 7.12. The maximum atomic E-state index is 12.0. The van der Waals surface area contributed by atoms with Crippen molar-refractivity contribution in [2.75, 3.05) is 12.4 Å². The lowest BCUT2D eigenvalue weighted by Gasteiger charge is -2.08. The Labute approximate surface area is 141 Å². The molecule has 2 aromatic rings. The zero-order valence-corrected chi connectivity index (χ0v) is 13.5.